The molecule has 0 radical (unpaired) electrons. The Labute approximate surface area is 137 Å². The van der Waals surface area contributed by atoms with E-state index in [2.05, 4.69) is 85.8 Å². The van der Waals surface area contributed by atoms with Crippen molar-refractivity contribution in [3.8, 4) is 0 Å². The standard InChI is InChI=1S/C20H35NO/c1-18(2,3)14-10-15(19(4,5)6)12-16(11-14)21-17(13-22)20(7,8)9/h10-12,17,21-22H,13H2,1-9H3/t17-/m1/s1. The molecule has 2 nitrogen and oxygen atoms in total. The van der Waals surface area contributed by atoms with E-state index < -0.39 is 0 Å². The zero-order chi connectivity index (χ0) is 17.3. The van der Waals surface area contributed by atoms with Crippen LogP contribution in [0.5, 0.6) is 0 Å². The molecule has 0 aliphatic rings. The van der Waals surface area contributed by atoms with Gasteiger partial charge in [-0.3, -0.25) is 0 Å². The monoisotopic (exact) mass is 305 g/mol. The van der Waals surface area contributed by atoms with Crippen molar-refractivity contribution in [3.05, 3.63) is 29.3 Å². The van der Waals surface area contributed by atoms with Gasteiger partial charge in [0.15, 0.2) is 0 Å². The number of aliphatic hydroxyl groups is 1. The van der Waals surface area contributed by atoms with Crippen molar-refractivity contribution in [2.45, 2.75) is 79.2 Å². The van der Waals surface area contributed by atoms with Gasteiger partial charge in [0.05, 0.1) is 12.6 Å². The third kappa shape index (κ3) is 5.01. The molecule has 0 spiro atoms. The summed E-state index contributed by atoms with van der Waals surface area (Å²) in [5.74, 6) is 0. The van der Waals surface area contributed by atoms with E-state index in [4.69, 9.17) is 0 Å². The van der Waals surface area contributed by atoms with Gasteiger partial charge in [-0.2, -0.15) is 0 Å². The lowest BCUT2D eigenvalue weighted by molar-refractivity contribution is 0.202. The molecule has 0 heterocycles. The molecular formula is C20H35NO. The molecule has 0 aromatic heterocycles. The topological polar surface area (TPSA) is 32.3 Å². The van der Waals surface area contributed by atoms with Gasteiger partial charge < -0.3 is 10.4 Å². The van der Waals surface area contributed by atoms with Crippen molar-refractivity contribution in [2.24, 2.45) is 5.41 Å². The smallest absolute Gasteiger partial charge is 0.0637 e. The number of aliphatic hydroxyl groups excluding tert-OH is 1. The number of rotatable bonds is 3. The molecule has 1 rings (SSSR count). The number of nitrogens with one attached hydrogen (secondary N) is 1. The summed E-state index contributed by atoms with van der Waals surface area (Å²) in [4.78, 5) is 0. The summed E-state index contributed by atoms with van der Waals surface area (Å²) < 4.78 is 0. The molecule has 1 atom stereocenters. The molecule has 1 aromatic rings. The zero-order valence-electron chi connectivity index (χ0n) is 16.0. The highest BCUT2D eigenvalue weighted by Crippen LogP contribution is 2.33. The number of hydrogen-bond donors (Lipinski definition) is 2. The maximum Gasteiger partial charge on any atom is 0.0637 e. The van der Waals surface area contributed by atoms with Gasteiger partial charge in [0.25, 0.3) is 0 Å². The Morgan fingerprint density at radius 2 is 1.23 bits per heavy atom. The fraction of sp³-hybridized carbons (Fsp3) is 0.700. The molecule has 22 heavy (non-hydrogen) atoms. The maximum atomic E-state index is 9.72. The van der Waals surface area contributed by atoms with Crippen molar-refractivity contribution >= 4 is 5.69 Å². The number of anilines is 1. The van der Waals surface area contributed by atoms with Gasteiger partial charge in [-0.25, -0.2) is 0 Å². The number of hydrogen-bond acceptors (Lipinski definition) is 2. The Morgan fingerprint density at radius 3 is 1.50 bits per heavy atom. The molecule has 0 aliphatic heterocycles. The summed E-state index contributed by atoms with van der Waals surface area (Å²) in [5, 5.41) is 13.3. The van der Waals surface area contributed by atoms with Crippen LogP contribution in [0.25, 0.3) is 0 Å². The normalized spacial score (nSPS) is 14.8. The molecule has 0 bridgehead atoms. The molecule has 2 N–H and O–H groups in total. The first-order chi connectivity index (χ1) is 9.75. The first-order valence-corrected chi connectivity index (χ1v) is 8.28. The molecule has 0 aliphatic carbocycles. The SMILES string of the molecule is CC(C)(C)c1cc(N[C@H](CO)C(C)(C)C)cc(C(C)(C)C)c1. The summed E-state index contributed by atoms with van der Waals surface area (Å²) in [6.45, 7) is 20.0. The van der Waals surface area contributed by atoms with Gasteiger partial charge in [0, 0.05) is 5.69 Å². The lowest BCUT2D eigenvalue weighted by Gasteiger charge is -2.32. The summed E-state index contributed by atoms with van der Waals surface area (Å²) in [6.07, 6.45) is 0. The second-order valence-electron chi connectivity index (χ2n) is 9.54. The molecular weight excluding hydrogens is 270 g/mol. The van der Waals surface area contributed by atoms with Crippen LogP contribution in [0.4, 0.5) is 5.69 Å². The largest absolute Gasteiger partial charge is 0.394 e. The van der Waals surface area contributed by atoms with Gasteiger partial charge in [-0.05, 0) is 39.5 Å². The second kappa shape index (κ2) is 6.23. The maximum absolute atomic E-state index is 9.72. The summed E-state index contributed by atoms with van der Waals surface area (Å²) in [5.41, 5.74) is 3.98. The van der Waals surface area contributed by atoms with Crippen molar-refractivity contribution in [2.75, 3.05) is 11.9 Å². The van der Waals surface area contributed by atoms with Crippen LogP contribution in [0, 0.1) is 5.41 Å². The average molecular weight is 306 g/mol. The van der Waals surface area contributed by atoms with E-state index in [-0.39, 0.29) is 28.9 Å². The Balaban J connectivity index is 3.30. The minimum atomic E-state index is 0.00832. The van der Waals surface area contributed by atoms with Gasteiger partial charge in [-0.1, -0.05) is 68.4 Å². The molecule has 0 amide bonds. The second-order valence-corrected chi connectivity index (χ2v) is 9.54. The third-order valence-corrected chi connectivity index (χ3v) is 4.23. The van der Waals surface area contributed by atoms with Gasteiger partial charge >= 0.3 is 0 Å². The van der Waals surface area contributed by atoms with Crippen LogP contribution in [-0.2, 0) is 10.8 Å². The lowest BCUT2D eigenvalue weighted by Crippen LogP contribution is -2.37. The molecule has 2 heteroatoms. The quantitative estimate of drug-likeness (QED) is 0.814. The first kappa shape index (κ1) is 19.0. The van der Waals surface area contributed by atoms with E-state index in [1.165, 1.54) is 11.1 Å². The van der Waals surface area contributed by atoms with E-state index in [0.29, 0.717) is 0 Å². The number of benzene rings is 1. The minimum Gasteiger partial charge on any atom is -0.394 e. The lowest BCUT2D eigenvalue weighted by atomic mass is 9.80. The van der Waals surface area contributed by atoms with Crippen molar-refractivity contribution < 1.29 is 5.11 Å². The third-order valence-electron chi connectivity index (χ3n) is 4.23. The van der Waals surface area contributed by atoms with Crippen LogP contribution in [0.3, 0.4) is 0 Å². The highest BCUT2D eigenvalue weighted by molar-refractivity contribution is 5.52. The molecule has 126 valence electrons. The zero-order valence-corrected chi connectivity index (χ0v) is 16.0. The Morgan fingerprint density at radius 1 is 0.818 bits per heavy atom. The molecule has 0 fully saturated rings. The Kier molecular flexibility index (Phi) is 5.39. The van der Waals surface area contributed by atoms with Gasteiger partial charge in [-0.15, -0.1) is 0 Å². The average Bonchev–Trinajstić information content (AvgIpc) is 2.32. The van der Waals surface area contributed by atoms with E-state index in [1.54, 1.807) is 0 Å². The van der Waals surface area contributed by atoms with Crippen molar-refractivity contribution in [3.63, 3.8) is 0 Å². The van der Waals surface area contributed by atoms with Gasteiger partial charge in [0.2, 0.25) is 0 Å². The van der Waals surface area contributed by atoms with E-state index in [9.17, 15) is 5.11 Å². The van der Waals surface area contributed by atoms with Crippen LogP contribution < -0.4 is 5.32 Å². The van der Waals surface area contributed by atoms with E-state index in [0.717, 1.165) is 5.69 Å². The van der Waals surface area contributed by atoms with Crippen LogP contribution in [0.15, 0.2) is 18.2 Å². The molecule has 0 saturated heterocycles. The highest BCUT2D eigenvalue weighted by atomic mass is 16.3. The predicted octanol–water partition coefficient (Wildman–Crippen LogP) is 5.10. The highest BCUT2D eigenvalue weighted by Gasteiger charge is 2.25. The Bertz CT molecular complexity index is 466. The van der Waals surface area contributed by atoms with Crippen molar-refractivity contribution in [1.82, 2.24) is 0 Å². The van der Waals surface area contributed by atoms with Crippen LogP contribution >= 0.6 is 0 Å². The summed E-state index contributed by atoms with van der Waals surface area (Å²) in [6, 6.07) is 6.80. The van der Waals surface area contributed by atoms with Crippen LogP contribution in [-0.4, -0.2) is 17.8 Å². The summed E-state index contributed by atoms with van der Waals surface area (Å²) >= 11 is 0. The summed E-state index contributed by atoms with van der Waals surface area (Å²) in [7, 11) is 0. The Hall–Kier alpha value is -1.02. The molecule has 0 saturated carbocycles. The molecule has 1 aromatic carbocycles. The van der Waals surface area contributed by atoms with Crippen molar-refractivity contribution in [1.29, 1.82) is 0 Å². The van der Waals surface area contributed by atoms with Crippen LogP contribution in [0.2, 0.25) is 0 Å². The van der Waals surface area contributed by atoms with Gasteiger partial charge in [0.1, 0.15) is 0 Å². The van der Waals surface area contributed by atoms with E-state index in [1.807, 2.05) is 0 Å². The fourth-order valence-corrected chi connectivity index (χ4v) is 2.31. The van der Waals surface area contributed by atoms with E-state index >= 15 is 0 Å². The van der Waals surface area contributed by atoms with Crippen LogP contribution in [0.1, 0.15) is 73.4 Å². The molecule has 0 unspecified atom stereocenters. The first-order valence-electron chi connectivity index (χ1n) is 8.28. The predicted molar refractivity (Wildman–Crippen MR) is 97.8 cm³/mol. The fourth-order valence-electron chi connectivity index (χ4n) is 2.31. The minimum absolute atomic E-state index is 0.00832.